The molecular weight excluding hydrogens is 276 g/mol. The minimum Gasteiger partial charge on any atom is -0.369 e. The van der Waals surface area contributed by atoms with Crippen LogP contribution in [-0.2, 0) is 17.9 Å². The van der Waals surface area contributed by atoms with E-state index in [0.29, 0.717) is 19.8 Å². The fourth-order valence-corrected chi connectivity index (χ4v) is 1.99. The molecule has 0 spiro atoms. The minimum absolute atomic E-state index is 0.415. The fraction of sp³-hybridized carbons (Fsp3) is 0.214. The maximum absolute atomic E-state index is 5.83. The van der Waals surface area contributed by atoms with Crippen LogP contribution in [0.3, 0.4) is 0 Å². The van der Waals surface area contributed by atoms with Crippen LogP contribution >= 0.6 is 11.6 Å². The highest BCUT2D eigenvalue weighted by atomic mass is 35.5. The van der Waals surface area contributed by atoms with Crippen molar-refractivity contribution in [3.8, 4) is 0 Å². The number of hydrogen-bond acceptors (Lipinski definition) is 5. The Labute approximate surface area is 121 Å². The summed E-state index contributed by atoms with van der Waals surface area (Å²) in [7, 11) is 0. The predicted octanol–water partition coefficient (Wildman–Crippen LogP) is 2.67. The number of benzene rings is 1. The second-order valence-corrected chi connectivity index (χ2v) is 4.80. The number of halogens is 1. The molecule has 0 amide bonds. The van der Waals surface area contributed by atoms with Crippen molar-refractivity contribution in [3.63, 3.8) is 0 Å². The highest BCUT2D eigenvalue weighted by molar-refractivity contribution is 6.30. The molecule has 0 aliphatic carbocycles. The molecule has 6 heteroatoms. The summed E-state index contributed by atoms with van der Waals surface area (Å²) in [4.78, 5) is 12.8. The Balaban J connectivity index is 1.53. The molecule has 1 aliphatic rings. The highest BCUT2D eigenvalue weighted by Gasteiger charge is 2.13. The first-order valence-electron chi connectivity index (χ1n) is 6.24. The summed E-state index contributed by atoms with van der Waals surface area (Å²) in [5, 5.41) is 3.85. The second kappa shape index (κ2) is 5.98. The first-order valence-corrected chi connectivity index (χ1v) is 6.61. The summed E-state index contributed by atoms with van der Waals surface area (Å²) in [5.41, 5.74) is 1.93. The van der Waals surface area contributed by atoms with Gasteiger partial charge in [-0.3, -0.25) is 9.98 Å². The van der Waals surface area contributed by atoms with Gasteiger partial charge in [0.2, 0.25) is 0 Å². The van der Waals surface area contributed by atoms with Crippen LogP contribution in [0.15, 0.2) is 41.7 Å². The molecular formula is C14H13ClN4O. The van der Waals surface area contributed by atoms with Crippen LogP contribution in [0.25, 0.3) is 0 Å². The highest BCUT2D eigenvalue weighted by Crippen LogP contribution is 2.14. The number of nitrogens with zero attached hydrogens (tertiary/aromatic N) is 3. The van der Waals surface area contributed by atoms with E-state index < -0.39 is 0 Å². The molecule has 0 fully saturated rings. The Morgan fingerprint density at radius 1 is 1.10 bits per heavy atom. The second-order valence-electron chi connectivity index (χ2n) is 4.36. The quantitative estimate of drug-likeness (QED) is 0.940. The van der Waals surface area contributed by atoms with Crippen LogP contribution in [-0.4, -0.2) is 22.4 Å². The molecule has 1 aromatic heterocycles. The number of anilines is 1. The Hall–Kier alpha value is -1.98. The van der Waals surface area contributed by atoms with E-state index in [9.17, 15) is 0 Å². The molecule has 2 aromatic rings. The molecule has 0 radical (unpaired) electrons. The molecule has 102 valence electrons. The zero-order valence-corrected chi connectivity index (χ0v) is 11.5. The van der Waals surface area contributed by atoms with E-state index in [1.54, 1.807) is 12.4 Å². The van der Waals surface area contributed by atoms with Crippen molar-refractivity contribution in [3.05, 3.63) is 52.9 Å². The van der Waals surface area contributed by atoms with Gasteiger partial charge in [-0.1, -0.05) is 23.7 Å². The van der Waals surface area contributed by atoms with E-state index in [4.69, 9.17) is 16.3 Å². The number of fused-ring (bicyclic) bond motifs is 1. The van der Waals surface area contributed by atoms with Gasteiger partial charge < -0.3 is 10.1 Å². The van der Waals surface area contributed by atoms with Crippen molar-refractivity contribution in [2.75, 3.05) is 11.9 Å². The largest absolute Gasteiger partial charge is 0.369 e. The van der Waals surface area contributed by atoms with Crippen LogP contribution < -0.4 is 5.32 Å². The third-order valence-corrected chi connectivity index (χ3v) is 3.13. The summed E-state index contributed by atoms with van der Waals surface area (Å²) in [5.74, 6) is 1.53. The van der Waals surface area contributed by atoms with Crippen LogP contribution in [0.1, 0.15) is 11.3 Å². The number of ether oxygens (including phenoxy) is 1. The van der Waals surface area contributed by atoms with Gasteiger partial charge in [-0.2, -0.15) is 0 Å². The Morgan fingerprint density at radius 3 is 2.75 bits per heavy atom. The molecule has 0 saturated carbocycles. The van der Waals surface area contributed by atoms with Crippen molar-refractivity contribution in [1.29, 1.82) is 0 Å². The van der Waals surface area contributed by atoms with Crippen LogP contribution in [0.4, 0.5) is 5.82 Å². The number of rotatable bonds is 4. The molecule has 0 unspecified atom stereocenters. The molecule has 3 rings (SSSR count). The lowest BCUT2D eigenvalue weighted by Crippen LogP contribution is -2.24. The first kappa shape index (κ1) is 13.0. The molecule has 0 bridgehead atoms. The molecule has 1 aromatic carbocycles. The van der Waals surface area contributed by atoms with Gasteiger partial charge >= 0.3 is 0 Å². The predicted molar refractivity (Wildman–Crippen MR) is 77.9 cm³/mol. The zero-order chi connectivity index (χ0) is 13.8. The maximum atomic E-state index is 5.83. The average Bonchev–Trinajstić information content (AvgIpc) is 2.49. The zero-order valence-electron chi connectivity index (χ0n) is 10.7. The lowest BCUT2D eigenvalue weighted by Gasteiger charge is -2.16. The van der Waals surface area contributed by atoms with Crippen molar-refractivity contribution in [1.82, 2.24) is 9.97 Å². The van der Waals surface area contributed by atoms with E-state index in [-0.39, 0.29) is 0 Å². The maximum Gasteiger partial charge on any atom is 0.155 e. The van der Waals surface area contributed by atoms with Crippen molar-refractivity contribution < 1.29 is 4.74 Å². The van der Waals surface area contributed by atoms with E-state index in [1.165, 1.54) is 0 Å². The topological polar surface area (TPSA) is 59.4 Å². The Bertz CT molecular complexity index is 627. The number of aromatic nitrogens is 2. The van der Waals surface area contributed by atoms with Gasteiger partial charge in [0, 0.05) is 17.4 Å². The van der Waals surface area contributed by atoms with Crippen molar-refractivity contribution in [2.45, 2.75) is 13.2 Å². The van der Waals surface area contributed by atoms with Gasteiger partial charge in [0.15, 0.2) is 5.82 Å². The molecule has 20 heavy (non-hydrogen) atoms. The summed E-state index contributed by atoms with van der Waals surface area (Å²) >= 11 is 5.83. The third-order valence-electron chi connectivity index (χ3n) is 2.88. The van der Waals surface area contributed by atoms with Gasteiger partial charge in [-0.15, -0.1) is 0 Å². The van der Waals surface area contributed by atoms with Crippen LogP contribution in [0, 0.1) is 0 Å². The summed E-state index contributed by atoms with van der Waals surface area (Å²) in [6.45, 7) is 1.47. The summed E-state index contributed by atoms with van der Waals surface area (Å²) in [6.07, 6.45) is 3.32. The van der Waals surface area contributed by atoms with Gasteiger partial charge in [0.1, 0.15) is 18.1 Å². The number of aliphatic imine (C=N–C) groups is 1. The number of hydrogen-bond donors (Lipinski definition) is 1. The SMILES string of the molecule is Clc1ccc(COCC2=NCc3nccnc3N2)cc1. The van der Waals surface area contributed by atoms with E-state index in [0.717, 1.165) is 27.9 Å². The van der Waals surface area contributed by atoms with Gasteiger partial charge in [-0.05, 0) is 17.7 Å². The van der Waals surface area contributed by atoms with Crippen LogP contribution in [0.5, 0.6) is 0 Å². The fourth-order valence-electron chi connectivity index (χ4n) is 1.86. The summed E-state index contributed by atoms with van der Waals surface area (Å²) < 4.78 is 5.63. The lowest BCUT2D eigenvalue weighted by atomic mass is 10.2. The van der Waals surface area contributed by atoms with Crippen LogP contribution in [0.2, 0.25) is 5.02 Å². The van der Waals surface area contributed by atoms with E-state index in [2.05, 4.69) is 20.3 Å². The molecule has 0 saturated heterocycles. The number of nitrogens with one attached hydrogen (secondary N) is 1. The van der Waals surface area contributed by atoms with E-state index >= 15 is 0 Å². The molecule has 1 aliphatic heterocycles. The Kier molecular flexibility index (Phi) is 3.90. The molecule has 5 nitrogen and oxygen atoms in total. The average molecular weight is 289 g/mol. The summed E-state index contributed by atoms with van der Waals surface area (Å²) in [6, 6.07) is 7.59. The first-order chi connectivity index (χ1) is 9.81. The van der Waals surface area contributed by atoms with Gasteiger partial charge in [0.25, 0.3) is 0 Å². The monoisotopic (exact) mass is 288 g/mol. The van der Waals surface area contributed by atoms with Gasteiger partial charge in [-0.25, -0.2) is 4.98 Å². The number of amidine groups is 1. The van der Waals surface area contributed by atoms with E-state index in [1.807, 2.05) is 24.3 Å². The Morgan fingerprint density at radius 2 is 1.90 bits per heavy atom. The molecule has 2 heterocycles. The third kappa shape index (κ3) is 3.12. The lowest BCUT2D eigenvalue weighted by molar-refractivity contribution is 0.158. The minimum atomic E-state index is 0.415. The van der Waals surface area contributed by atoms with Gasteiger partial charge in [0.05, 0.1) is 13.2 Å². The molecule has 1 N–H and O–H groups in total. The normalized spacial score (nSPS) is 13.3. The standard InChI is InChI=1S/C14H13ClN4O/c15-11-3-1-10(2-4-11)8-20-9-13-18-7-12-14(19-13)17-6-5-16-12/h1-6H,7-9H2,(H,17,18,19). The van der Waals surface area contributed by atoms with Crippen molar-refractivity contribution >= 4 is 23.3 Å². The van der Waals surface area contributed by atoms with Crippen molar-refractivity contribution in [2.24, 2.45) is 4.99 Å². The smallest absolute Gasteiger partial charge is 0.155 e. The molecule has 0 atom stereocenters.